The van der Waals surface area contributed by atoms with Gasteiger partial charge in [-0.1, -0.05) is 44.2 Å². The van der Waals surface area contributed by atoms with E-state index in [-0.39, 0.29) is 17.9 Å². The maximum Gasteiger partial charge on any atom is 0.227 e. The Balaban J connectivity index is 1.95. The molecule has 110 valence electrons. The Morgan fingerprint density at radius 3 is 2.35 bits per heavy atom. The molecule has 2 atom stereocenters. The van der Waals surface area contributed by atoms with Gasteiger partial charge in [-0.2, -0.15) is 0 Å². The Labute approximate surface area is 121 Å². The third kappa shape index (κ3) is 3.38. The molecule has 2 unspecified atom stereocenters. The number of nitrogens with two attached hydrogens (primary N) is 1. The van der Waals surface area contributed by atoms with E-state index in [4.69, 9.17) is 5.73 Å². The zero-order chi connectivity index (χ0) is 14.5. The van der Waals surface area contributed by atoms with E-state index >= 15 is 0 Å². The molecule has 20 heavy (non-hydrogen) atoms. The summed E-state index contributed by atoms with van der Waals surface area (Å²) in [6.45, 7) is 8.72. The van der Waals surface area contributed by atoms with E-state index in [0.717, 1.165) is 38.3 Å². The number of piperazine rings is 1. The number of nitrogens with zero attached hydrogens (tertiary/aromatic N) is 2. The molecule has 1 saturated heterocycles. The molecule has 1 fully saturated rings. The number of likely N-dealkylation sites (N-methyl/N-ethyl adjacent to an activating group) is 1. The van der Waals surface area contributed by atoms with Gasteiger partial charge in [0, 0.05) is 32.2 Å². The highest BCUT2D eigenvalue weighted by Crippen LogP contribution is 2.21. The summed E-state index contributed by atoms with van der Waals surface area (Å²) < 4.78 is 0. The van der Waals surface area contributed by atoms with Crippen LogP contribution in [-0.2, 0) is 4.79 Å². The van der Waals surface area contributed by atoms with Crippen molar-refractivity contribution in [2.45, 2.75) is 19.9 Å². The average Bonchev–Trinajstić information content (AvgIpc) is 2.53. The molecule has 2 N–H and O–H groups in total. The van der Waals surface area contributed by atoms with Crippen LogP contribution in [0.15, 0.2) is 30.3 Å². The van der Waals surface area contributed by atoms with Crippen LogP contribution in [0.5, 0.6) is 0 Å². The van der Waals surface area contributed by atoms with E-state index in [1.165, 1.54) is 0 Å². The standard InChI is InChI=1S/C16H25N3O/c1-3-18-9-11-19(12-10-18)16(20)13(2)15(17)14-7-5-4-6-8-14/h4-8,13,15H,3,9-12,17H2,1-2H3. The SMILES string of the molecule is CCN1CCN(C(=O)C(C)C(N)c2ccccc2)CC1. The van der Waals surface area contributed by atoms with Crippen molar-refractivity contribution in [1.29, 1.82) is 0 Å². The number of hydrogen-bond donors (Lipinski definition) is 1. The molecule has 1 aliphatic rings. The van der Waals surface area contributed by atoms with Crippen LogP contribution in [-0.4, -0.2) is 48.4 Å². The van der Waals surface area contributed by atoms with Gasteiger partial charge in [0.15, 0.2) is 0 Å². The van der Waals surface area contributed by atoms with Crippen molar-refractivity contribution in [3.8, 4) is 0 Å². The molecule has 0 spiro atoms. The number of amides is 1. The van der Waals surface area contributed by atoms with Crippen LogP contribution in [0.1, 0.15) is 25.5 Å². The second kappa shape index (κ2) is 6.86. The van der Waals surface area contributed by atoms with Crippen molar-refractivity contribution in [3.63, 3.8) is 0 Å². The zero-order valence-electron chi connectivity index (χ0n) is 12.5. The largest absolute Gasteiger partial charge is 0.340 e. The van der Waals surface area contributed by atoms with Gasteiger partial charge in [-0.05, 0) is 12.1 Å². The Morgan fingerprint density at radius 2 is 1.80 bits per heavy atom. The third-order valence-electron chi connectivity index (χ3n) is 4.24. The Kier molecular flexibility index (Phi) is 5.15. The summed E-state index contributed by atoms with van der Waals surface area (Å²) in [6, 6.07) is 9.64. The molecule has 0 aromatic heterocycles. The lowest BCUT2D eigenvalue weighted by Gasteiger charge is -2.36. The van der Waals surface area contributed by atoms with E-state index in [1.54, 1.807) is 0 Å². The van der Waals surface area contributed by atoms with Crippen LogP contribution in [0, 0.1) is 5.92 Å². The molecule has 0 aliphatic carbocycles. The van der Waals surface area contributed by atoms with Gasteiger partial charge in [-0.25, -0.2) is 0 Å². The lowest BCUT2D eigenvalue weighted by atomic mass is 9.94. The maximum atomic E-state index is 12.5. The van der Waals surface area contributed by atoms with E-state index in [2.05, 4.69) is 11.8 Å². The van der Waals surface area contributed by atoms with Crippen LogP contribution >= 0.6 is 0 Å². The zero-order valence-corrected chi connectivity index (χ0v) is 12.5. The van der Waals surface area contributed by atoms with Crippen molar-refractivity contribution in [3.05, 3.63) is 35.9 Å². The lowest BCUT2D eigenvalue weighted by Crippen LogP contribution is -2.50. The number of carbonyl (C=O) groups is 1. The first kappa shape index (κ1) is 15.0. The molecule has 0 radical (unpaired) electrons. The second-order valence-corrected chi connectivity index (χ2v) is 5.48. The molecular weight excluding hydrogens is 250 g/mol. The molecule has 1 aromatic rings. The van der Waals surface area contributed by atoms with Gasteiger partial charge >= 0.3 is 0 Å². The minimum atomic E-state index is -0.229. The molecule has 1 amide bonds. The van der Waals surface area contributed by atoms with Gasteiger partial charge in [-0.3, -0.25) is 4.79 Å². The molecule has 1 heterocycles. The molecule has 1 aromatic carbocycles. The Hall–Kier alpha value is -1.39. The predicted molar refractivity (Wildman–Crippen MR) is 81.2 cm³/mol. The van der Waals surface area contributed by atoms with Gasteiger partial charge in [-0.15, -0.1) is 0 Å². The predicted octanol–water partition coefficient (Wildman–Crippen LogP) is 1.49. The third-order valence-corrected chi connectivity index (χ3v) is 4.24. The molecule has 0 saturated carbocycles. The average molecular weight is 275 g/mol. The van der Waals surface area contributed by atoms with Crippen molar-refractivity contribution in [1.82, 2.24) is 9.80 Å². The van der Waals surface area contributed by atoms with Crippen LogP contribution < -0.4 is 5.73 Å². The van der Waals surface area contributed by atoms with Gasteiger partial charge in [0.1, 0.15) is 0 Å². The molecule has 0 bridgehead atoms. The van der Waals surface area contributed by atoms with Crippen molar-refractivity contribution in [2.24, 2.45) is 11.7 Å². The summed E-state index contributed by atoms with van der Waals surface area (Å²) in [6.07, 6.45) is 0. The minimum absolute atomic E-state index is 0.175. The number of benzene rings is 1. The quantitative estimate of drug-likeness (QED) is 0.905. The van der Waals surface area contributed by atoms with Crippen LogP contribution in [0.3, 0.4) is 0 Å². The van der Waals surface area contributed by atoms with E-state index in [9.17, 15) is 4.79 Å². The van der Waals surface area contributed by atoms with Gasteiger partial charge < -0.3 is 15.5 Å². The smallest absolute Gasteiger partial charge is 0.227 e. The summed E-state index contributed by atoms with van der Waals surface area (Å²) in [7, 11) is 0. The molecule has 1 aliphatic heterocycles. The highest BCUT2D eigenvalue weighted by atomic mass is 16.2. The van der Waals surface area contributed by atoms with Crippen LogP contribution in [0.4, 0.5) is 0 Å². The van der Waals surface area contributed by atoms with E-state index < -0.39 is 0 Å². The van der Waals surface area contributed by atoms with Crippen LogP contribution in [0.2, 0.25) is 0 Å². The fourth-order valence-electron chi connectivity index (χ4n) is 2.69. The second-order valence-electron chi connectivity index (χ2n) is 5.48. The summed E-state index contributed by atoms with van der Waals surface area (Å²) >= 11 is 0. The first-order valence-corrected chi connectivity index (χ1v) is 7.45. The minimum Gasteiger partial charge on any atom is -0.340 e. The number of carbonyl (C=O) groups excluding carboxylic acids is 1. The number of hydrogen-bond acceptors (Lipinski definition) is 3. The summed E-state index contributed by atoms with van der Waals surface area (Å²) in [5, 5.41) is 0. The molecule has 2 rings (SSSR count). The van der Waals surface area contributed by atoms with Gasteiger partial charge in [0.25, 0.3) is 0 Å². The van der Waals surface area contributed by atoms with Crippen molar-refractivity contribution < 1.29 is 4.79 Å². The van der Waals surface area contributed by atoms with Crippen molar-refractivity contribution >= 4 is 5.91 Å². The fourth-order valence-corrected chi connectivity index (χ4v) is 2.69. The first-order valence-electron chi connectivity index (χ1n) is 7.45. The lowest BCUT2D eigenvalue weighted by molar-refractivity contribution is -0.137. The summed E-state index contributed by atoms with van der Waals surface area (Å²) in [5.41, 5.74) is 7.27. The molecule has 4 heteroatoms. The van der Waals surface area contributed by atoms with Crippen LogP contribution in [0.25, 0.3) is 0 Å². The highest BCUT2D eigenvalue weighted by Gasteiger charge is 2.28. The highest BCUT2D eigenvalue weighted by molar-refractivity contribution is 5.79. The fraction of sp³-hybridized carbons (Fsp3) is 0.562. The monoisotopic (exact) mass is 275 g/mol. The molecular formula is C16H25N3O. The van der Waals surface area contributed by atoms with E-state index in [1.807, 2.05) is 42.2 Å². The maximum absolute atomic E-state index is 12.5. The Morgan fingerprint density at radius 1 is 1.20 bits per heavy atom. The van der Waals surface area contributed by atoms with E-state index in [0.29, 0.717) is 0 Å². The molecule has 4 nitrogen and oxygen atoms in total. The van der Waals surface area contributed by atoms with Gasteiger partial charge in [0.05, 0.1) is 5.92 Å². The summed E-state index contributed by atoms with van der Waals surface area (Å²) in [5.74, 6) is 0.00248. The number of rotatable bonds is 4. The Bertz CT molecular complexity index is 427. The van der Waals surface area contributed by atoms with Crippen molar-refractivity contribution in [2.75, 3.05) is 32.7 Å². The first-order chi connectivity index (χ1) is 9.63. The van der Waals surface area contributed by atoms with Gasteiger partial charge in [0.2, 0.25) is 5.91 Å². The normalized spacial score (nSPS) is 19.6. The summed E-state index contributed by atoms with van der Waals surface area (Å²) in [4.78, 5) is 16.9. The topological polar surface area (TPSA) is 49.6 Å².